The van der Waals surface area contributed by atoms with Crippen LogP contribution in [0.4, 0.5) is 0 Å². The predicted molar refractivity (Wildman–Crippen MR) is 40.1 cm³/mol. The molecule has 0 fully saturated rings. The van der Waals surface area contributed by atoms with Crippen molar-refractivity contribution in [3.63, 3.8) is 0 Å². The number of nitriles is 1. The second-order valence-electron chi connectivity index (χ2n) is 1.52. The molecule has 5 heteroatoms. The van der Waals surface area contributed by atoms with Crippen LogP contribution in [0.1, 0.15) is 6.92 Å². The molecular weight excluding hydrogens is 157 g/mol. The zero-order valence-electron chi connectivity index (χ0n) is 5.44. The Labute approximate surface area is 86.7 Å². The van der Waals surface area contributed by atoms with E-state index in [0.717, 1.165) is 6.08 Å². The summed E-state index contributed by atoms with van der Waals surface area (Å²) in [5.41, 5.74) is 0. The van der Waals surface area contributed by atoms with E-state index in [0.29, 0.717) is 6.26 Å². The molecule has 1 N–H and O–H groups in total. The van der Waals surface area contributed by atoms with E-state index < -0.39 is 12.1 Å². The Bertz CT molecular complexity index is 185. The first kappa shape index (κ1) is 13.1. The van der Waals surface area contributed by atoms with Crippen LogP contribution in [0, 0.1) is 11.3 Å². The Hall–Kier alpha value is -0.500. The van der Waals surface area contributed by atoms with Gasteiger partial charge >= 0.3 is 35.5 Å². The van der Waals surface area contributed by atoms with Crippen LogP contribution in [-0.4, -0.2) is 46.7 Å². The van der Waals surface area contributed by atoms with Gasteiger partial charge in [-0.15, -0.1) is 0 Å². The quantitative estimate of drug-likeness (QED) is 0.267. The van der Waals surface area contributed by atoms with Gasteiger partial charge in [-0.1, -0.05) is 0 Å². The Kier molecular flexibility index (Phi) is 9.07. The summed E-state index contributed by atoms with van der Waals surface area (Å²) in [7, 11) is 0. The summed E-state index contributed by atoms with van der Waals surface area (Å²) in [4.78, 5) is 10.4. The van der Waals surface area contributed by atoms with Gasteiger partial charge in [0.2, 0.25) is 0 Å². The Morgan fingerprint density at radius 3 is 2.73 bits per heavy atom. The zero-order valence-corrected chi connectivity index (χ0v) is 5.44. The SMILES string of the molecule is CC(C#N)OC(=O)/C=C/O.[NaH]. The van der Waals surface area contributed by atoms with Gasteiger partial charge in [0.1, 0.15) is 6.07 Å². The maximum atomic E-state index is 10.4. The Morgan fingerprint density at radius 1 is 1.82 bits per heavy atom. The van der Waals surface area contributed by atoms with E-state index >= 15 is 0 Å². The zero-order chi connectivity index (χ0) is 7.98. The molecule has 0 bridgehead atoms. The first-order valence-corrected chi connectivity index (χ1v) is 2.61. The number of hydrogen-bond acceptors (Lipinski definition) is 4. The summed E-state index contributed by atoms with van der Waals surface area (Å²) in [6.45, 7) is 1.43. The first-order chi connectivity index (χ1) is 4.70. The molecule has 0 spiro atoms. The number of nitrogens with zero attached hydrogens (tertiary/aromatic N) is 1. The molecule has 4 nitrogen and oxygen atoms in total. The van der Waals surface area contributed by atoms with Gasteiger partial charge in [0, 0.05) is 0 Å². The van der Waals surface area contributed by atoms with E-state index in [1.807, 2.05) is 0 Å². The van der Waals surface area contributed by atoms with E-state index in [1.54, 1.807) is 6.07 Å². The second kappa shape index (κ2) is 7.61. The molecule has 0 aliphatic carbocycles. The monoisotopic (exact) mass is 165 g/mol. The third-order valence-corrected chi connectivity index (χ3v) is 0.685. The maximum absolute atomic E-state index is 10.4. The van der Waals surface area contributed by atoms with Crippen molar-refractivity contribution in [2.24, 2.45) is 0 Å². The molecule has 0 aliphatic rings. The summed E-state index contributed by atoms with van der Waals surface area (Å²) < 4.78 is 4.39. The molecule has 0 aromatic rings. The van der Waals surface area contributed by atoms with Gasteiger partial charge in [0.05, 0.1) is 12.3 Å². The van der Waals surface area contributed by atoms with Gasteiger partial charge in [-0.25, -0.2) is 4.79 Å². The van der Waals surface area contributed by atoms with E-state index in [2.05, 4.69) is 4.74 Å². The molecular formula is C6H8NNaO3. The molecule has 1 atom stereocenters. The molecule has 0 saturated heterocycles. The fraction of sp³-hybridized carbons (Fsp3) is 0.333. The predicted octanol–water partition coefficient (Wildman–Crippen LogP) is -0.135. The van der Waals surface area contributed by atoms with Crippen LogP contribution in [0.3, 0.4) is 0 Å². The van der Waals surface area contributed by atoms with Crippen molar-refractivity contribution in [1.29, 1.82) is 5.26 Å². The van der Waals surface area contributed by atoms with Crippen LogP contribution >= 0.6 is 0 Å². The van der Waals surface area contributed by atoms with Crippen molar-refractivity contribution in [3.8, 4) is 6.07 Å². The Morgan fingerprint density at radius 2 is 2.36 bits per heavy atom. The Balaban J connectivity index is 0. The van der Waals surface area contributed by atoms with Gasteiger partial charge < -0.3 is 9.84 Å². The molecule has 56 valence electrons. The standard InChI is InChI=1S/C6H7NO3.Na.H/c1-5(4-7)10-6(9)2-3-8;;/h2-3,5,8H,1H3;;/b3-2+;;. The molecule has 0 heterocycles. The average Bonchev–Trinajstić information content (AvgIpc) is 1.88. The third kappa shape index (κ3) is 7.40. The van der Waals surface area contributed by atoms with Crippen LogP contribution in [0.25, 0.3) is 0 Å². The number of carbonyl (C=O) groups is 1. The van der Waals surface area contributed by atoms with E-state index in [4.69, 9.17) is 10.4 Å². The minimum atomic E-state index is -0.774. The van der Waals surface area contributed by atoms with Gasteiger partial charge in [0.15, 0.2) is 6.10 Å². The number of rotatable bonds is 2. The van der Waals surface area contributed by atoms with Gasteiger partial charge in [-0.05, 0) is 6.92 Å². The molecule has 0 aromatic heterocycles. The van der Waals surface area contributed by atoms with Crippen molar-refractivity contribution in [3.05, 3.63) is 12.3 Å². The fourth-order valence-electron chi connectivity index (χ4n) is 0.301. The molecule has 0 saturated carbocycles. The van der Waals surface area contributed by atoms with Gasteiger partial charge in [-0.3, -0.25) is 0 Å². The van der Waals surface area contributed by atoms with Crippen LogP contribution in [-0.2, 0) is 9.53 Å². The normalized spacial score (nSPS) is 11.3. The number of hydrogen-bond donors (Lipinski definition) is 1. The summed E-state index contributed by atoms with van der Waals surface area (Å²) in [5.74, 6) is -0.725. The van der Waals surface area contributed by atoms with Gasteiger partial charge in [0.25, 0.3) is 0 Å². The van der Waals surface area contributed by atoms with Crippen molar-refractivity contribution >= 4 is 35.5 Å². The fourth-order valence-corrected chi connectivity index (χ4v) is 0.301. The van der Waals surface area contributed by atoms with Crippen LogP contribution in [0.15, 0.2) is 12.3 Å². The third-order valence-electron chi connectivity index (χ3n) is 0.685. The molecule has 0 amide bonds. The van der Waals surface area contributed by atoms with Crippen molar-refractivity contribution in [2.75, 3.05) is 0 Å². The average molecular weight is 165 g/mol. The van der Waals surface area contributed by atoms with E-state index in [-0.39, 0.29) is 29.6 Å². The molecule has 0 aliphatic heterocycles. The van der Waals surface area contributed by atoms with E-state index in [9.17, 15) is 4.79 Å². The minimum absolute atomic E-state index is 0. The first-order valence-electron chi connectivity index (χ1n) is 2.61. The summed E-state index contributed by atoms with van der Waals surface area (Å²) in [6, 6.07) is 1.70. The number of esters is 1. The van der Waals surface area contributed by atoms with Crippen LogP contribution in [0.5, 0.6) is 0 Å². The topological polar surface area (TPSA) is 70.3 Å². The van der Waals surface area contributed by atoms with Crippen LogP contribution < -0.4 is 0 Å². The summed E-state index contributed by atoms with van der Waals surface area (Å²) >= 11 is 0. The van der Waals surface area contributed by atoms with Crippen molar-refractivity contribution < 1.29 is 14.6 Å². The van der Waals surface area contributed by atoms with Crippen molar-refractivity contribution in [1.82, 2.24) is 0 Å². The number of ether oxygens (including phenoxy) is 1. The van der Waals surface area contributed by atoms with Crippen molar-refractivity contribution in [2.45, 2.75) is 13.0 Å². The van der Waals surface area contributed by atoms with Crippen LogP contribution in [0.2, 0.25) is 0 Å². The molecule has 0 rings (SSSR count). The number of aliphatic hydroxyl groups is 1. The summed E-state index contributed by atoms with van der Waals surface area (Å²) in [6.07, 6.45) is 0.615. The molecule has 0 aromatic carbocycles. The molecule has 1 unspecified atom stereocenters. The second-order valence-corrected chi connectivity index (χ2v) is 1.52. The molecule has 11 heavy (non-hydrogen) atoms. The molecule has 0 radical (unpaired) electrons. The number of carbonyl (C=O) groups excluding carboxylic acids is 1. The van der Waals surface area contributed by atoms with E-state index in [1.165, 1.54) is 6.92 Å². The number of aliphatic hydroxyl groups excluding tert-OH is 1. The van der Waals surface area contributed by atoms with Gasteiger partial charge in [-0.2, -0.15) is 5.26 Å². The summed E-state index contributed by atoms with van der Waals surface area (Å²) in [5, 5.41) is 16.2.